The lowest BCUT2D eigenvalue weighted by molar-refractivity contribution is -0.142. The first kappa shape index (κ1) is 22.0. The zero-order valence-electron chi connectivity index (χ0n) is 16.9. The van der Waals surface area contributed by atoms with Crippen LogP contribution in [-0.2, 0) is 28.5 Å². The van der Waals surface area contributed by atoms with Crippen LogP contribution in [0.5, 0.6) is 0 Å². The first-order chi connectivity index (χ1) is 14.9. The van der Waals surface area contributed by atoms with E-state index in [1.807, 2.05) is 12.1 Å². The summed E-state index contributed by atoms with van der Waals surface area (Å²) < 4.78 is 46.3. The van der Waals surface area contributed by atoms with Gasteiger partial charge < -0.3 is 10.1 Å². The molecule has 166 valence electrons. The Bertz CT molecular complexity index is 949. The molecule has 1 aliphatic heterocycles. The van der Waals surface area contributed by atoms with Gasteiger partial charge in [-0.15, -0.1) is 0 Å². The molecule has 0 radical (unpaired) electrons. The van der Waals surface area contributed by atoms with Crippen molar-refractivity contribution in [3.05, 3.63) is 41.1 Å². The summed E-state index contributed by atoms with van der Waals surface area (Å²) in [6.45, 7) is 4.22. The molecule has 0 saturated carbocycles. The third kappa shape index (κ3) is 5.36. The minimum Gasteiger partial charge on any atom is -0.379 e. The van der Waals surface area contributed by atoms with Crippen molar-refractivity contribution < 1.29 is 22.7 Å². The van der Waals surface area contributed by atoms with Crippen molar-refractivity contribution in [1.82, 2.24) is 20.2 Å². The fourth-order valence-electron chi connectivity index (χ4n) is 3.81. The maximum Gasteiger partial charge on any atom is 0.433 e. The summed E-state index contributed by atoms with van der Waals surface area (Å²) in [5.74, 6) is -0.297. The maximum absolute atomic E-state index is 13.7. The van der Waals surface area contributed by atoms with Gasteiger partial charge in [0, 0.05) is 37.3 Å². The average molecular weight is 453 g/mol. The molecule has 0 spiro atoms. The molecule has 1 amide bonds. The molecule has 0 bridgehead atoms. The number of carbonyl (C=O) groups excluding carboxylic acids is 1. The van der Waals surface area contributed by atoms with E-state index in [0.717, 1.165) is 30.4 Å². The van der Waals surface area contributed by atoms with Crippen LogP contribution < -0.4 is 5.32 Å². The van der Waals surface area contributed by atoms with Crippen LogP contribution in [0.15, 0.2) is 29.4 Å². The van der Waals surface area contributed by atoms with Crippen LogP contribution in [0.2, 0.25) is 0 Å². The topological polar surface area (TPSA) is 67.4 Å². The maximum atomic E-state index is 13.7. The van der Waals surface area contributed by atoms with E-state index in [2.05, 4.69) is 20.2 Å². The number of nitrogens with zero attached hydrogens (tertiary/aromatic N) is 3. The molecule has 1 saturated heterocycles. The van der Waals surface area contributed by atoms with Crippen LogP contribution in [0.25, 0.3) is 11.3 Å². The number of hydrogen-bond acceptors (Lipinski definition) is 6. The van der Waals surface area contributed by atoms with Crippen molar-refractivity contribution in [2.24, 2.45) is 0 Å². The molecule has 2 heterocycles. The number of thioether (sulfide) groups is 1. The Morgan fingerprint density at radius 1 is 1.16 bits per heavy atom. The van der Waals surface area contributed by atoms with Gasteiger partial charge in [-0.3, -0.25) is 9.69 Å². The Morgan fingerprint density at radius 3 is 2.71 bits per heavy atom. The number of halogens is 3. The van der Waals surface area contributed by atoms with E-state index in [0.29, 0.717) is 44.0 Å². The van der Waals surface area contributed by atoms with E-state index in [4.69, 9.17) is 4.74 Å². The van der Waals surface area contributed by atoms with Gasteiger partial charge in [0.2, 0.25) is 5.91 Å². The Balaban J connectivity index is 1.44. The van der Waals surface area contributed by atoms with Crippen molar-refractivity contribution in [2.45, 2.75) is 24.2 Å². The second-order valence-corrected chi connectivity index (χ2v) is 8.37. The molecule has 0 unspecified atom stereocenters. The molecule has 2 aliphatic rings. The van der Waals surface area contributed by atoms with Gasteiger partial charge in [0.15, 0.2) is 10.9 Å². The summed E-state index contributed by atoms with van der Waals surface area (Å²) in [5, 5.41) is 2.77. The molecular formula is C21H23F3N4O2S. The van der Waals surface area contributed by atoms with Crippen LogP contribution in [0.3, 0.4) is 0 Å². The Labute approximate surface area is 182 Å². The predicted molar refractivity (Wildman–Crippen MR) is 111 cm³/mol. The van der Waals surface area contributed by atoms with E-state index in [1.165, 1.54) is 0 Å². The normalized spacial score (nSPS) is 16.5. The van der Waals surface area contributed by atoms with Gasteiger partial charge in [-0.25, -0.2) is 9.97 Å². The predicted octanol–water partition coefficient (Wildman–Crippen LogP) is 2.80. The SMILES string of the molecule is O=C(CSc1nc2c(c(C(F)(F)F)n1)CCc1ccccc1-2)NCCN1CCOCC1. The first-order valence-corrected chi connectivity index (χ1v) is 11.2. The monoisotopic (exact) mass is 452 g/mol. The van der Waals surface area contributed by atoms with Gasteiger partial charge in [0.05, 0.1) is 24.7 Å². The molecule has 1 N–H and O–H groups in total. The number of carbonyl (C=O) groups is 1. The fraction of sp³-hybridized carbons (Fsp3) is 0.476. The van der Waals surface area contributed by atoms with Gasteiger partial charge >= 0.3 is 6.18 Å². The van der Waals surface area contributed by atoms with E-state index in [1.54, 1.807) is 12.1 Å². The number of aromatic nitrogens is 2. The van der Waals surface area contributed by atoms with Gasteiger partial charge in [-0.2, -0.15) is 13.2 Å². The Hall–Kier alpha value is -2.17. The summed E-state index contributed by atoms with van der Waals surface area (Å²) in [5.41, 5.74) is 1.22. The zero-order chi connectivity index (χ0) is 21.8. The quantitative estimate of drug-likeness (QED) is 0.537. The number of benzene rings is 1. The van der Waals surface area contributed by atoms with Crippen molar-refractivity contribution in [1.29, 1.82) is 0 Å². The molecular weight excluding hydrogens is 429 g/mol. The number of alkyl halides is 3. The number of nitrogens with one attached hydrogen (secondary N) is 1. The van der Waals surface area contributed by atoms with E-state index in [9.17, 15) is 18.0 Å². The molecule has 1 aromatic carbocycles. The van der Waals surface area contributed by atoms with Crippen molar-refractivity contribution in [2.75, 3.05) is 45.1 Å². The third-order valence-corrected chi connectivity index (χ3v) is 6.21. The van der Waals surface area contributed by atoms with Crippen LogP contribution in [-0.4, -0.2) is 65.9 Å². The first-order valence-electron chi connectivity index (χ1n) is 10.2. The zero-order valence-corrected chi connectivity index (χ0v) is 17.7. The number of morpholine rings is 1. The molecule has 2 aromatic rings. The number of aryl methyl sites for hydroxylation is 1. The fourth-order valence-corrected chi connectivity index (χ4v) is 4.48. The minimum absolute atomic E-state index is 0.0360. The van der Waals surface area contributed by atoms with Crippen LogP contribution >= 0.6 is 11.8 Å². The highest BCUT2D eigenvalue weighted by atomic mass is 32.2. The Morgan fingerprint density at radius 2 is 1.94 bits per heavy atom. The largest absolute Gasteiger partial charge is 0.433 e. The van der Waals surface area contributed by atoms with E-state index in [-0.39, 0.29) is 28.8 Å². The van der Waals surface area contributed by atoms with Crippen molar-refractivity contribution in [3.8, 4) is 11.3 Å². The second-order valence-electron chi connectivity index (χ2n) is 7.43. The summed E-state index contributed by atoms with van der Waals surface area (Å²) in [6, 6.07) is 7.35. The molecule has 1 fully saturated rings. The molecule has 1 aliphatic carbocycles. The van der Waals surface area contributed by atoms with Crippen molar-refractivity contribution >= 4 is 17.7 Å². The van der Waals surface area contributed by atoms with E-state index < -0.39 is 11.9 Å². The summed E-state index contributed by atoms with van der Waals surface area (Å²) in [4.78, 5) is 22.5. The Kier molecular flexibility index (Phi) is 6.78. The van der Waals surface area contributed by atoms with Gasteiger partial charge in [-0.05, 0) is 18.4 Å². The average Bonchev–Trinajstić information content (AvgIpc) is 2.77. The standard InChI is InChI=1S/C21H23F3N4O2S/c22-21(23,24)19-16-6-5-14-3-1-2-4-15(14)18(16)26-20(27-19)31-13-17(29)25-7-8-28-9-11-30-12-10-28/h1-4H,5-13H2,(H,25,29). The molecule has 1 aromatic heterocycles. The minimum atomic E-state index is -4.57. The van der Waals surface area contributed by atoms with Crippen LogP contribution in [0.1, 0.15) is 16.8 Å². The summed E-state index contributed by atoms with van der Waals surface area (Å²) >= 11 is 0.924. The van der Waals surface area contributed by atoms with Gasteiger partial charge in [0.25, 0.3) is 0 Å². The third-order valence-electron chi connectivity index (χ3n) is 5.36. The number of ether oxygens (including phenoxy) is 1. The molecule has 4 rings (SSSR count). The number of hydrogen-bond donors (Lipinski definition) is 1. The lowest BCUT2D eigenvalue weighted by Gasteiger charge is -2.26. The van der Waals surface area contributed by atoms with Crippen LogP contribution in [0, 0.1) is 0 Å². The summed E-state index contributed by atoms with van der Waals surface area (Å²) in [7, 11) is 0. The number of amides is 1. The second kappa shape index (κ2) is 9.54. The highest BCUT2D eigenvalue weighted by Gasteiger charge is 2.38. The highest BCUT2D eigenvalue weighted by Crippen LogP contribution is 2.40. The van der Waals surface area contributed by atoms with Crippen LogP contribution in [0.4, 0.5) is 13.2 Å². The smallest absolute Gasteiger partial charge is 0.379 e. The van der Waals surface area contributed by atoms with Gasteiger partial charge in [0.1, 0.15) is 0 Å². The van der Waals surface area contributed by atoms with E-state index >= 15 is 0 Å². The number of fused-ring (bicyclic) bond motifs is 3. The lowest BCUT2D eigenvalue weighted by atomic mass is 9.88. The molecule has 31 heavy (non-hydrogen) atoms. The highest BCUT2D eigenvalue weighted by molar-refractivity contribution is 7.99. The molecule has 0 atom stereocenters. The molecule has 6 nitrogen and oxygen atoms in total. The van der Waals surface area contributed by atoms with Gasteiger partial charge in [-0.1, -0.05) is 36.0 Å². The number of rotatable bonds is 6. The van der Waals surface area contributed by atoms with Crippen molar-refractivity contribution in [3.63, 3.8) is 0 Å². The summed E-state index contributed by atoms with van der Waals surface area (Å²) in [6.07, 6.45) is -3.81. The lowest BCUT2D eigenvalue weighted by Crippen LogP contribution is -2.41. The molecule has 10 heteroatoms.